The number of aromatic nitrogens is 2. The van der Waals surface area contributed by atoms with Gasteiger partial charge in [0.05, 0.1) is 11.2 Å². The molecule has 23 heavy (non-hydrogen) atoms. The summed E-state index contributed by atoms with van der Waals surface area (Å²) in [5.74, 6) is 0. The number of hydrogen-bond acceptors (Lipinski definition) is 3. The second-order valence-corrected chi connectivity index (χ2v) is 8.36. The van der Waals surface area contributed by atoms with Crippen LogP contribution in [-0.4, -0.2) is 18.2 Å². The van der Waals surface area contributed by atoms with E-state index in [1.54, 1.807) is 30.3 Å². The average Bonchev–Trinajstić information content (AvgIpc) is 2.91. The van der Waals surface area contributed by atoms with Crippen LogP contribution in [0.15, 0.2) is 56.4 Å². The zero-order valence-corrected chi connectivity index (χ0v) is 16.1. The number of hydrogen-bond donors (Lipinski definition) is 1. The van der Waals surface area contributed by atoms with Crippen LogP contribution in [-0.2, 0) is 16.6 Å². The third-order valence-corrected chi connectivity index (χ3v) is 6.18. The van der Waals surface area contributed by atoms with Crippen molar-refractivity contribution in [2.75, 3.05) is 4.72 Å². The lowest BCUT2D eigenvalue weighted by atomic mass is 10.2. The molecule has 0 radical (unpaired) electrons. The molecular weight excluding hydrogens is 446 g/mol. The van der Waals surface area contributed by atoms with Gasteiger partial charge in [0.1, 0.15) is 4.90 Å². The monoisotopic (exact) mass is 457 g/mol. The van der Waals surface area contributed by atoms with Crippen molar-refractivity contribution in [1.29, 1.82) is 0 Å². The molecule has 0 spiro atoms. The van der Waals surface area contributed by atoms with Crippen LogP contribution in [0.5, 0.6) is 0 Å². The number of anilines is 1. The molecule has 0 aliphatic heterocycles. The molecule has 120 valence electrons. The summed E-state index contributed by atoms with van der Waals surface area (Å²) in [7, 11) is -3.70. The summed E-state index contributed by atoms with van der Waals surface area (Å²) >= 11 is 6.57. The number of nitrogens with one attached hydrogen (secondary N) is 1. The number of benzene rings is 2. The maximum Gasteiger partial charge on any atom is 0.263 e. The van der Waals surface area contributed by atoms with Crippen molar-refractivity contribution >= 4 is 58.5 Å². The third kappa shape index (κ3) is 3.44. The number of aryl methyl sites for hydroxylation is 1. The fraction of sp³-hybridized carbons (Fsp3) is 0.133. The molecule has 0 saturated heterocycles. The lowest BCUT2D eigenvalue weighted by Gasteiger charge is -2.10. The smallest absolute Gasteiger partial charge is 0.263 e. The molecule has 0 atom stereocenters. The molecule has 3 aromatic rings. The molecule has 1 aromatic heterocycles. The summed E-state index contributed by atoms with van der Waals surface area (Å²) in [5, 5.41) is 5.36. The molecule has 3 rings (SSSR count). The van der Waals surface area contributed by atoms with Crippen LogP contribution in [0.25, 0.3) is 10.9 Å². The number of rotatable bonds is 4. The first-order valence-electron chi connectivity index (χ1n) is 6.84. The van der Waals surface area contributed by atoms with Crippen LogP contribution >= 0.6 is 31.9 Å². The summed E-state index contributed by atoms with van der Waals surface area (Å²) in [5.41, 5.74) is 1.23. The van der Waals surface area contributed by atoms with Gasteiger partial charge in [-0.2, -0.15) is 5.10 Å². The molecule has 0 bridgehead atoms. The Bertz CT molecular complexity index is 984. The predicted octanol–water partition coefficient (Wildman–Crippen LogP) is 4.38. The zero-order valence-electron chi connectivity index (χ0n) is 12.1. The van der Waals surface area contributed by atoms with Gasteiger partial charge >= 0.3 is 0 Å². The van der Waals surface area contributed by atoms with Gasteiger partial charge in [0.15, 0.2) is 0 Å². The molecule has 0 aliphatic carbocycles. The van der Waals surface area contributed by atoms with Gasteiger partial charge in [-0.1, -0.05) is 15.9 Å². The summed E-state index contributed by atoms with van der Waals surface area (Å²) in [4.78, 5) is 0.172. The zero-order chi connectivity index (χ0) is 16.6. The molecule has 2 aromatic carbocycles. The lowest BCUT2D eigenvalue weighted by molar-refractivity contribution is 0.600. The first-order chi connectivity index (χ1) is 10.9. The number of halogens is 2. The summed E-state index contributed by atoms with van der Waals surface area (Å²) in [6.45, 7) is 2.76. The second-order valence-electron chi connectivity index (χ2n) is 4.94. The van der Waals surface area contributed by atoms with E-state index in [1.165, 1.54) is 0 Å². The largest absolute Gasteiger partial charge is 0.280 e. The Kier molecular flexibility index (Phi) is 4.48. The Hall–Kier alpha value is -1.38. The minimum Gasteiger partial charge on any atom is -0.280 e. The van der Waals surface area contributed by atoms with Crippen molar-refractivity contribution in [1.82, 2.24) is 9.78 Å². The Balaban J connectivity index is 1.98. The van der Waals surface area contributed by atoms with E-state index < -0.39 is 10.0 Å². The van der Waals surface area contributed by atoms with Crippen molar-refractivity contribution in [3.63, 3.8) is 0 Å². The molecule has 1 N–H and O–H groups in total. The van der Waals surface area contributed by atoms with E-state index in [0.717, 1.165) is 17.4 Å². The molecular formula is C15H13Br2N3O2S. The van der Waals surface area contributed by atoms with Gasteiger partial charge in [-0.05, 0) is 59.3 Å². The van der Waals surface area contributed by atoms with Crippen molar-refractivity contribution in [3.05, 3.63) is 51.5 Å². The maximum absolute atomic E-state index is 12.6. The van der Waals surface area contributed by atoms with Crippen molar-refractivity contribution < 1.29 is 8.42 Å². The van der Waals surface area contributed by atoms with Crippen LogP contribution in [0.2, 0.25) is 0 Å². The maximum atomic E-state index is 12.6. The molecule has 1 heterocycles. The highest BCUT2D eigenvalue weighted by Crippen LogP contribution is 2.28. The number of nitrogens with zero attached hydrogens (tertiary/aromatic N) is 2. The quantitative estimate of drug-likeness (QED) is 0.630. The molecule has 5 nitrogen and oxygen atoms in total. The minimum absolute atomic E-state index is 0.172. The van der Waals surface area contributed by atoms with Gasteiger partial charge in [0.2, 0.25) is 0 Å². The molecule has 0 unspecified atom stereocenters. The molecule has 8 heteroatoms. The third-order valence-electron chi connectivity index (χ3n) is 3.31. The number of sulfonamides is 1. The van der Waals surface area contributed by atoms with Crippen molar-refractivity contribution in [3.8, 4) is 0 Å². The van der Waals surface area contributed by atoms with Gasteiger partial charge in [0, 0.05) is 27.1 Å². The number of fused-ring (bicyclic) bond motifs is 1. The predicted molar refractivity (Wildman–Crippen MR) is 98.1 cm³/mol. The van der Waals surface area contributed by atoms with E-state index in [1.807, 2.05) is 23.9 Å². The van der Waals surface area contributed by atoms with Crippen LogP contribution in [0.3, 0.4) is 0 Å². The lowest BCUT2D eigenvalue weighted by Crippen LogP contribution is -2.13. The molecule has 0 amide bonds. The van der Waals surface area contributed by atoms with Gasteiger partial charge in [-0.3, -0.25) is 9.40 Å². The Labute approximate surface area is 151 Å². The van der Waals surface area contributed by atoms with E-state index in [9.17, 15) is 8.42 Å². The SMILES string of the molecule is CCn1cc2ccc(NS(=O)(=O)c3cc(Br)ccc3Br)cc2n1. The summed E-state index contributed by atoms with van der Waals surface area (Å²) in [6, 6.07) is 10.3. The standard InChI is InChI=1S/C15H13Br2N3O2S/c1-2-20-9-10-3-5-12(8-14(10)18-20)19-23(21,22)15-7-11(16)4-6-13(15)17/h3-9,19H,2H2,1H3. The minimum atomic E-state index is -3.70. The first kappa shape index (κ1) is 16.5. The van der Waals surface area contributed by atoms with E-state index in [4.69, 9.17) is 0 Å². The Morgan fingerprint density at radius 2 is 1.96 bits per heavy atom. The van der Waals surface area contributed by atoms with E-state index in [-0.39, 0.29) is 4.90 Å². The Morgan fingerprint density at radius 3 is 2.70 bits per heavy atom. The molecule has 0 saturated carbocycles. The van der Waals surface area contributed by atoms with E-state index in [0.29, 0.717) is 14.6 Å². The van der Waals surface area contributed by atoms with Crippen molar-refractivity contribution in [2.24, 2.45) is 0 Å². The average molecular weight is 459 g/mol. The van der Waals surface area contributed by atoms with Gasteiger partial charge < -0.3 is 0 Å². The topological polar surface area (TPSA) is 64.0 Å². The Morgan fingerprint density at radius 1 is 1.17 bits per heavy atom. The van der Waals surface area contributed by atoms with E-state index in [2.05, 4.69) is 41.7 Å². The fourth-order valence-electron chi connectivity index (χ4n) is 2.19. The summed E-state index contributed by atoms with van der Waals surface area (Å²) < 4.78 is 30.8. The van der Waals surface area contributed by atoms with Gasteiger partial charge in [-0.25, -0.2) is 8.42 Å². The van der Waals surface area contributed by atoms with Gasteiger partial charge in [-0.15, -0.1) is 0 Å². The highest BCUT2D eigenvalue weighted by Gasteiger charge is 2.18. The normalized spacial score (nSPS) is 11.8. The van der Waals surface area contributed by atoms with Crippen LogP contribution in [0.1, 0.15) is 6.92 Å². The highest BCUT2D eigenvalue weighted by molar-refractivity contribution is 9.11. The first-order valence-corrected chi connectivity index (χ1v) is 9.91. The molecule has 0 fully saturated rings. The highest BCUT2D eigenvalue weighted by atomic mass is 79.9. The second kappa shape index (κ2) is 6.26. The van der Waals surface area contributed by atoms with Crippen LogP contribution < -0.4 is 4.72 Å². The summed E-state index contributed by atoms with van der Waals surface area (Å²) in [6.07, 6.45) is 1.93. The van der Waals surface area contributed by atoms with Crippen LogP contribution in [0, 0.1) is 0 Å². The fourth-order valence-corrected chi connectivity index (χ4v) is 4.74. The van der Waals surface area contributed by atoms with Gasteiger partial charge in [0.25, 0.3) is 10.0 Å². The van der Waals surface area contributed by atoms with Crippen molar-refractivity contribution in [2.45, 2.75) is 18.4 Å². The van der Waals surface area contributed by atoms with E-state index >= 15 is 0 Å². The van der Waals surface area contributed by atoms with Crippen LogP contribution in [0.4, 0.5) is 5.69 Å². The molecule has 0 aliphatic rings.